The molecule has 2 aromatic carbocycles. The van der Waals surface area contributed by atoms with Crippen molar-refractivity contribution in [2.24, 2.45) is 0 Å². The van der Waals surface area contributed by atoms with Crippen molar-refractivity contribution in [3.63, 3.8) is 0 Å². The van der Waals surface area contributed by atoms with Crippen molar-refractivity contribution in [3.8, 4) is 0 Å². The lowest BCUT2D eigenvalue weighted by Crippen LogP contribution is -2.29. The predicted octanol–water partition coefficient (Wildman–Crippen LogP) is 4.36. The lowest BCUT2D eigenvalue weighted by Gasteiger charge is -2.20. The number of ether oxygens (including phenoxy) is 1. The topological polar surface area (TPSA) is 78.8 Å². The van der Waals surface area contributed by atoms with Crippen molar-refractivity contribution in [2.75, 3.05) is 6.54 Å². The molecule has 2 atom stereocenters. The number of carbonyl (C=O) groups is 1. The summed E-state index contributed by atoms with van der Waals surface area (Å²) < 4.78 is 5.06. The van der Waals surface area contributed by atoms with Crippen LogP contribution in [0.3, 0.4) is 0 Å². The summed E-state index contributed by atoms with van der Waals surface area (Å²) in [5, 5.41) is 23.5. The summed E-state index contributed by atoms with van der Waals surface area (Å²) in [6, 6.07) is 12.1. The normalized spacial score (nSPS) is 13.1. The molecule has 0 spiro atoms. The Labute approximate surface area is 166 Å². The monoisotopic (exact) mass is 417 g/mol. The molecule has 0 radical (unpaired) electrons. The van der Waals surface area contributed by atoms with Gasteiger partial charge in [0.25, 0.3) is 0 Å². The number of amides is 1. The number of aliphatic hydroxyl groups is 2. The molecule has 0 aliphatic carbocycles. The molecular weight excluding hydrogens is 401 g/mol. The van der Waals surface area contributed by atoms with Crippen molar-refractivity contribution >= 4 is 40.9 Å². The minimum absolute atomic E-state index is 0.0954. The number of benzene rings is 2. The van der Waals surface area contributed by atoms with E-state index in [1.165, 1.54) is 12.1 Å². The van der Waals surface area contributed by atoms with Gasteiger partial charge in [0.1, 0.15) is 12.7 Å². The van der Waals surface area contributed by atoms with Gasteiger partial charge in [0, 0.05) is 17.1 Å². The molecule has 0 fully saturated rings. The second-order valence-electron chi connectivity index (χ2n) is 5.58. The van der Waals surface area contributed by atoms with E-state index in [-0.39, 0.29) is 40.2 Å². The molecule has 0 aliphatic heterocycles. The van der Waals surface area contributed by atoms with Gasteiger partial charge >= 0.3 is 6.09 Å². The molecular formula is C18H18Cl3NO4. The Morgan fingerprint density at radius 1 is 1.04 bits per heavy atom. The molecule has 26 heavy (non-hydrogen) atoms. The van der Waals surface area contributed by atoms with Gasteiger partial charge in [0.15, 0.2) is 0 Å². The highest BCUT2D eigenvalue weighted by molar-refractivity contribution is 6.43. The first-order valence-electron chi connectivity index (χ1n) is 7.83. The highest BCUT2D eigenvalue weighted by Gasteiger charge is 2.22. The van der Waals surface area contributed by atoms with E-state index < -0.39 is 18.3 Å². The number of carbonyl (C=O) groups excluding carboxylic acids is 1. The van der Waals surface area contributed by atoms with Gasteiger partial charge in [0.2, 0.25) is 0 Å². The number of hydrogen-bond acceptors (Lipinski definition) is 4. The number of rotatable bonds is 7. The Kier molecular flexibility index (Phi) is 8.00. The summed E-state index contributed by atoms with van der Waals surface area (Å²) in [4.78, 5) is 11.6. The maximum absolute atomic E-state index is 11.6. The molecule has 140 valence electrons. The van der Waals surface area contributed by atoms with Crippen LogP contribution in [0.5, 0.6) is 0 Å². The first kappa shape index (κ1) is 20.8. The van der Waals surface area contributed by atoms with Gasteiger partial charge in [-0.15, -0.1) is 0 Å². The highest BCUT2D eigenvalue weighted by Crippen LogP contribution is 2.33. The Bertz CT molecular complexity index is 743. The molecule has 2 aromatic rings. The van der Waals surface area contributed by atoms with E-state index in [1.54, 1.807) is 0 Å². The molecule has 0 heterocycles. The molecule has 1 amide bonds. The third kappa shape index (κ3) is 6.04. The summed E-state index contributed by atoms with van der Waals surface area (Å²) >= 11 is 17.8. The molecule has 0 saturated carbocycles. The minimum atomic E-state index is -1.26. The number of aliphatic hydroxyl groups excluding tert-OH is 2. The van der Waals surface area contributed by atoms with E-state index in [1.807, 2.05) is 30.3 Å². The number of nitrogens with one attached hydrogen (secondary N) is 1. The fraction of sp³-hybridized carbons (Fsp3) is 0.278. The first-order valence-corrected chi connectivity index (χ1v) is 8.97. The molecule has 2 rings (SSSR count). The molecule has 0 bridgehead atoms. The van der Waals surface area contributed by atoms with Crippen LogP contribution in [0.15, 0.2) is 42.5 Å². The molecule has 2 unspecified atom stereocenters. The Hall–Kier alpha value is -1.50. The summed E-state index contributed by atoms with van der Waals surface area (Å²) in [5.41, 5.74) is 1.13. The van der Waals surface area contributed by atoms with E-state index in [0.29, 0.717) is 0 Å². The lowest BCUT2D eigenvalue weighted by atomic mass is 10.0. The molecule has 0 aromatic heterocycles. The van der Waals surface area contributed by atoms with Gasteiger partial charge < -0.3 is 20.3 Å². The van der Waals surface area contributed by atoms with Crippen LogP contribution in [-0.2, 0) is 11.3 Å². The highest BCUT2D eigenvalue weighted by atomic mass is 35.5. The van der Waals surface area contributed by atoms with Crippen molar-refractivity contribution < 1.29 is 19.7 Å². The minimum Gasteiger partial charge on any atom is -0.445 e. The Morgan fingerprint density at radius 2 is 1.69 bits per heavy atom. The largest absolute Gasteiger partial charge is 0.445 e. The van der Waals surface area contributed by atoms with Crippen LogP contribution < -0.4 is 5.32 Å². The zero-order valence-corrected chi connectivity index (χ0v) is 15.9. The van der Waals surface area contributed by atoms with Gasteiger partial charge in [-0.05, 0) is 24.1 Å². The van der Waals surface area contributed by atoms with E-state index in [9.17, 15) is 15.0 Å². The van der Waals surface area contributed by atoms with Crippen molar-refractivity contribution in [1.82, 2.24) is 5.32 Å². The summed E-state index contributed by atoms with van der Waals surface area (Å²) in [5.74, 6) is 0. The molecule has 3 N–H and O–H groups in total. The number of alkyl carbamates (subject to hydrolysis) is 1. The summed E-state index contributed by atoms with van der Waals surface area (Å²) in [6.45, 7) is 0.265. The van der Waals surface area contributed by atoms with Crippen LogP contribution in [-0.4, -0.2) is 29.0 Å². The standard InChI is InChI=1S/C18H18Cl3NO4/c19-13-9-15(21)14(20)8-12(13)17(24)16(23)6-7-22-18(25)26-10-11-4-2-1-3-5-11/h1-5,8-9,16-17,23-24H,6-7,10H2,(H,22,25). The molecule has 8 heteroatoms. The number of hydrogen-bond donors (Lipinski definition) is 3. The van der Waals surface area contributed by atoms with Crippen LogP contribution in [0.4, 0.5) is 4.79 Å². The van der Waals surface area contributed by atoms with E-state index in [0.717, 1.165) is 5.56 Å². The lowest BCUT2D eigenvalue weighted by molar-refractivity contribution is 0.0137. The second-order valence-corrected chi connectivity index (χ2v) is 6.80. The zero-order chi connectivity index (χ0) is 19.1. The average molecular weight is 419 g/mol. The Balaban J connectivity index is 1.78. The van der Waals surface area contributed by atoms with Crippen LogP contribution in [0.2, 0.25) is 15.1 Å². The van der Waals surface area contributed by atoms with E-state index in [4.69, 9.17) is 39.5 Å². The maximum Gasteiger partial charge on any atom is 0.407 e. The van der Waals surface area contributed by atoms with Crippen LogP contribution in [0.1, 0.15) is 23.7 Å². The van der Waals surface area contributed by atoms with E-state index in [2.05, 4.69) is 5.32 Å². The first-order chi connectivity index (χ1) is 12.4. The Morgan fingerprint density at radius 3 is 2.38 bits per heavy atom. The third-order valence-electron chi connectivity index (χ3n) is 3.64. The molecule has 0 aliphatic rings. The van der Waals surface area contributed by atoms with Gasteiger partial charge in [-0.1, -0.05) is 65.1 Å². The van der Waals surface area contributed by atoms with Crippen molar-refractivity contribution in [2.45, 2.75) is 25.2 Å². The summed E-state index contributed by atoms with van der Waals surface area (Å²) in [7, 11) is 0. The second kappa shape index (κ2) is 10.00. The van der Waals surface area contributed by atoms with Gasteiger partial charge in [0.05, 0.1) is 16.1 Å². The third-order valence-corrected chi connectivity index (χ3v) is 4.69. The zero-order valence-electron chi connectivity index (χ0n) is 13.7. The maximum atomic E-state index is 11.6. The van der Waals surface area contributed by atoms with Gasteiger partial charge in [-0.2, -0.15) is 0 Å². The van der Waals surface area contributed by atoms with Crippen LogP contribution in [0, 0.1) is 0 Å². The quantitative estimate of drug-likeness (QED) is 0.584. The van der Waals surface area contributed by atoms with Gasteiger partial charge in [-0.3, -0.25) is 0 Å². The van der Waals surface area contributed by atoms with Crippen LogP contribution >= 0.6 is 34.8 Å². The fourth-order valence-electron chi connectivity index (χ4n) is 2.23. The smallest absolute Gasteiger partial charge is 0.407 e. The molecule has 5 nitrogen and oxygen atoms in total. The SMILES string of the molecule is O=C(NCCC(O)C(O)c1cc(Cl)c(Cl)cc1Cl)OCc1ccccc1. The van der Waals surface area contributed by atoms with Gasteiger partial charge in [-0.25, -0.2) is 4.79 Å². The van der Waals surface area contributed by atoms with Crippen molar-refractivity contribution in [3.05, 3.63) is 68.7 Å². The average Bonchev–Trinajstić information content (AvgIpc) is 2.63. The number of halogens is 3. The van der Waals surface area contributed by atoms with Crippen molar-refractivity contribution in [1.29, 1.82) is 0 Å². The fourth-order valence-corrected chi connectivity index (χ4v) is 2.89. The predicted molar refractivity (Wildman–Crippen MR) is 102 cm³/mol. The van der Waals surface area contributed by atoms with Crippen LogP contribution in [0.25, 0.3) is 0 Å². The summed E-state index contributed by atoms with van der Waals surface area (Å²) in [6.07, 6.45) is -2.93. The van der Waals surface area contributed by atoms with E-state index >= 15 is 0 Å². The molecule has 0 saturated heterocycles.